The van der Waals surface area contributed by atoms with Gasteiger partial charge in [-0.1, -0.05) is 30.3 Å². The summed E-state index contributed by atoms with van der Waals surface area (Å²) in [5.41, 5.74) is 1.72. The molecule has 1 aromatic carbocycles. The zero-order valence-corrected chi connectivity index (χ0v) is 17.0. The normalized spacial score (nSPS) is 16.5. The summed E-state index contributed by atoms with van der Waals surface area (Å²) in [5.74, 6) is 1.89. The molecule has 154 valence electrons. The van der Waals surface area contributed by atoms with Gasteiger partial charge >= 0.3 is 0 Å². The van der Waals surface area contributed by atoms with Gasteiger partial charge in [0.25, 0.3) is 5.91 Å². The van der Waals surface area contributed by atoms with Gasteiger partial charge in [-0.05, 0) is 30.7 Å². The molecule has 1 saturated heterocycles. The van der Waals surface area contributed by atoms with Crippen molar-refractivity contribution in [2.75, 3.05) is 56.2 Å². The Kier molecular flexibility index (Phi) is 6.24. The van der Waals surface area contributed by atoms with E-state index < -0.39 is 0 Å². The van der Waals surface area contributed by atoms with E-state index in [1.165, 1.54) is 18.4 Å². The molecule has 0 unspecified atom stereocenters. The van der Waals surface area contributed by atoms with E-state index in [1.807, 2.05) is 13.1 Å². The van der Waals surface area contributed by atoms with Crippen LogP contribution in [-0.2, 0) is 11.2 Å². The Bertz CT molecular complexity index is 819. The zero-order valence-electron chi connectivity index (χ0n) is 17.0. The predicted octanol–water partition coefficient (Wildman–Crippen LogP) is 2.13. The number of hydrogen-bond donors (Lipinski definition) is 1. The van der Waals surface area contributed by atoms with Crippen molar-refractivity contribution in [1.82, 2.24) is 15.3 Å². The molecule has 2 aliphatic rings. The largest absolute Gasteiger partial charge is 0.378 e. The lowest BCUT2D eigenvalue weighted by Gasteiger charge is -2.28. The highest BCUT2D eigenvalue weighted by molar-refractivity contribution is 5.93. The number of ether oxygens (including phenoxy) is 1. The SMILES string of the molecule is CN(CCc1ccccc1)c1cc(C(=O)NCC2CC2)nc(N2CCOCC2)n1. The van der Waals surface area contributed by atoms with E-state index in [2.05, 4.69) is 44.4 Å². The number of morpholine rings is 1. The zero-order chi connectivity index (χ0) is 20.1. The first kappa shape index (κ1) is 19.6. The molecule has 1 saturated carbocycles. The monoisotopic (exact) mass is 395 g/mol. The average Bonchev–Trinajstić information content (AvgIpc) is 3.61. The van der Waals surface area contributed by atoms with Crippen LogP contribution in [0.15, 0.2) is 36.4 Å². The number of hydrogen-bond acceptors (Lipinski definition) is 6. The topological polar surface area (TPSA) is 70.6 Å². The van der Waals surface area contributed by atoms with E-state index in [4.69, 9.17) is 9.72 Å². The number of aromatic nitrogens is 2. The lowest BCUT2D eigenvalue weighted by Crippen LogP contribution is -2.38. The third-order valence-electron chi connectivity index (χ3n) is 5.45. The number of amides is 1. The van der Waals surface area contributed by atoms with E-state index in [1.54, 1.807) is 6.07 Å². The molecule has 0 atom stereocenters. The highest BCUT2D eigenvalue weighted by Crippen LogP contribution is 2.27. The van der Waals surface area contributed by atoms with Crippen molar-refractivity contribution in [3.63, 3.8) is 0 Å². The molecule has 2 fully saturated rings. The van der Waals surface area contributed by atoms with Crippen molar-refractivity contribution >= 4 is 17.7 Å². The second kappa shape index (κ2) is 9.22. The molecule has 1 aliphatic carbocycles. The molecule has 1 N–H and O–H groups in total. The van der Waals surface area contributed by atoms with Gasteiger partial charge in [-0.25, -0.2) is 4.98 Å². The van der Waals surface area contributed by atoms with Crippen molar-refractivity contribution < 1.29 is 9.53 Å². The third-order valence-corrected chi connectivity index (χ3v) is 5.45. The molecule has 7 heteroatoms. The quantitative estimate of drug-likeness (QED) is 0.738. The average molecular weight is 396 g/mol. The molecule has 1 amide bonds. The molecule has 7 nitrogen and oxygen atoms in total. The van der Waals surface area contributed by atoms with Gasteiger partial charge in [0.1, 0.15) is 11.5 Å². The molecular weight excluding hydrogens is 366 g/mol. The fourth-order valence-electron chi connectivity index (χ4n) is 3.34. The molecule has 0 radical (unpaired) electrons. The number of rotatable bonds is 8. The minimum Gasteiger partial charge on any atom is -0.378 e. The molecule has 2 heterocycles. The van der Waals surface area contributed by atoms with Gasteiger partial charge in [-0.15, -0.1) is 0 Å². The van der Waals surface area contributed by atoms with Crippen molar-refractivity contribution in [2.45, 2.75) is 19.3 Å². The summed E-state index contributed by atoms with van der Waals surface area (Å²) in [7, 11) is 2.01. The molecular formula is C22H29N5O2. The second-order valence-corrected chi connectivity index (χ2v) is 7.82. The number of anilines is 2. The van der Waals surface area contributed by atoms with Crippen LogP contribution in [0.2, 0.25) is 0 Å². The van der Waals surface area contributed by atoms with Crippen LogP contribution in [0.5, 0.6) is 0 Å². The standard InChI is InChI=1S/C22H29N5O2/c1-26(10-9-17-5-3-2-4-6-17)20-15-19(21(28)23-16-18-7-8-18)24-22(25-20)27-11-13-29-14-12-27/h2-6,15,18H,7-14,16H2,1H3,(H,23,28). The molecule has 0 bridgehead atoms. The van der Waals surface area contributed by atoms with Gasteiger partial charge in [0.15, 0.2) is 0 Å². The molecule has 1 aliphatic heterocycles. The van der Waals surface area contributed by atoms with E-state index >= 15 is 0 Å². The minimum atomic E-state index is -0.119. The summed E-state index contributed by atoms with van der Waals surface area (Å²) in [4.78, 5) is 26.2. The fourth-order valence-corrected chi connectivity index (χ4v) is 3.34. The summed E-state index contributed by atoms with van der Waals surface area (Å²) in [6, 6.07) is 12.2. The second-order valence-electron chi connectivity index (χ2n) is 7.82. The summed E-state index contributed by atoms with van der Waals surface area (Å²) < 4.78 is 5.45. The molecule has 29 heavy (non-hydrogen) atoms. The number of likely N-dealkylation sites (N-methyl/N-ethyl adjacent to an activating group) is 1. The Morgan fingerprint density at radius 2 is 1.97 bits per heavy atom. The van der Waals surface area contributed by atoms with Crippen LogP contribution < -0.4 is 15.1 Å². The van der Waals surface area contributed by atoms with Crippen LogP contribution in [-0.4, -0.2) is 62.3 Å². The maximum atomic E-state index is 12.7. The molecule has 2 aromatic rings. The summed E-state index contributed by atoms with van der Waals surface area (Å²) in [6.07, 6.45) is 3.32. The van der Waals surface area contributed by atoms with E-state index in [0.717, 1.165) is 38.4 Å². The summed E-state index contributed by atoms with van der Waals surface area (Å²) >= 11 is 0. The molecule has 1 aromatic heterocycles. The van der Waals surface area contributed by atoms with Crippen LogP contribution in [0.25, 0.3) is 0 Å². The van der Waals surface area contributed by atoms with Crippen LogP contribution in [0.3, 0.4) is 0 Å². The summed E-state index contributed by atoms with van der Waals surface area (Å²) in [5, 5.41) is 3.02. The van der Waals surface area contributed by atoms with E-state index in [9.17, 15) is 4.79 Å². The van der Waals surface area contributed by atoms with E-state index in [0.29, 0.717) is 30.8 Å². The van der Waals surface area contributed by atoms with Gasteiger partial charge in [0.2, 0.25) is 5.95 Å². The van der Waals surface area contributed by atoms with E-state index in [-0.39, 0.29) is 5.91 Å². The Labute approximate surface area is 172 Å². The summed E-state index contributed by atoms with van der Waals surface area (Å²) in [6.45, 7) is 4.32. The van der Waals surface area contributed by atoms with Crippen molar-refractivity contribution in [3.8, 4) is 0 Å². The smallest absolute Gasteiger partial charge is 0.270 e. The Morgan fingerprint density at radius 1 is 1.21 bits per heavy atom. The highest BCUT2D eigenvalue weighted by Gasteiger charge is 2.23. The van der Waals surface area contributed by atoms with Crippen molar-refractivity contribution in [3.05, 3.63) is 47.7 Å². The van der Waals surface area contributed by atoms with Gasteiger partial charge in [0.05, 0.1) is 13.2 Å². The first-order valence-corrected chi connectivity index (χ1v) is 10.4. The van der Waals surface area contributed by atoms with Gasteiger partial charge < -0.3 is 19.9 Å². The van der Waals surface area contributed by atoms with Gasteiger partial charge in [-0.2, -0.15) is 4.98 Å². The number of benzene rings is 1. The van der Waals surface area contributed by atoms with Crippen molar-refractivity contribution in [2.24, 2.45) is 5.92 Å². The fraction of sp³-hybridized carbons (Fsp3) is 0.500. The van der Waals surface area contributed by atoms with Crippen LogP contribution in [0.4, 0.5) is 11.8 Å². The highest BCUT2D eigenvalue weighted by atomic mass is 16.5. The maximum Gasteiger partial charge on any atom is 0.270 e. The third kappa shape index (κ3) is 5.44. The maximum absolute atomic E-state index is 12.7. The van der Waals surface area contributed by atoms with Crippen LogP contribution in [0.1, 0.15) is 28.9 Å². The number of carbonyl (C=O) groups excluding carboxylic acids is 1. The first-order chi connectivity index (χ1) is 14.2. The Balaban J connectivity index is 1.51. The number of nitrogens with zero attached hydrogens (tertiary/aromatic N) is 4. The predicted molar refractivity (Wildman–Crippen MR) is 114 cm³/mol. The van der Waals surface area contributed by atoms with Crippen LogP contribution in [0, 0.1) is 5.92 Å². The first-order valence-electron chi connectivity index (χ1n) is 10.4. The molecule has 4 rings (SSSR count). The lowest BCUT2D eigenvalue weighted by molar-refractivity contribution is 0.0946. The molecule has 0 spiro atoms. The van der Waals surface area contributed by atoms with Gasteiger partial charge in [0, 0.05) is 39.3 Å². The number of nitrogens with one attached hydrogen (secondary N) is 1. The Morgan fingerprint density at radius 3 is 2.69 bits per heavy atom. The van der Waals surface area contributed by atoms with Gasteiger partial charge in [-0.3, -0.25) is 4.79 Å². The lowest BCUT2D eigenvalue weighted by atomic mass is 10.1. The van der Waals surface area contributed by atoms with Crippen LogP contribution >= 0.6 is 0 Å². The minimum absolute atomic E-state index is 0.119. The van der Waals surface area contributed by atoms with Crippen molar-refractivity contribution in [1.29, 1.82) is 0 Å². The Hall–Kier alpha value is -2.67. The number of carbonyl (C=O) groups is 1.